The number of rotatable bonds is 3. The molecule has 0 aliphatic rings. The predicted octanol–water partition coefficient (Wildman–Crippen LogP) is 2.37. The summed E-state index contributed by atoms with van der Waals surface area (Å²) in [7, 11) is 0. The van der Waals surface area contributed by atoms with Gasteiger partial charge in [-0.15, -0.1) is 0 Å². The lowest BCUT2D eigenvalue weighted by Crippen LogP contribution is -2.36. The lowest BCUT2D eigenvalue weighted by atomic mass is 9.90. The molecule has 0 radical (unpaired) electrons. The van der Waals surface area contributed by atoms with Gasteiger partial charge in [-0.25, -0.2) is 4.39 Å². The Balaban J connectivity index is 3.61. The molecule has 0 aromatic carbocycles. The minimum Gasteiger partial charge on any atom is -0.312 e. The molecule has 0 spiro atoms. The first-order valence-corrected chi connectivity index (χ1v) is 4.21. The van der Waals surface area contributed by atoms with E-state index in [2.05, 4.69) is 5.32 Å². The quantitative estimate of drug-likeness (QED) is 0.670. The normalized spacial score (nSPS) is 15.5. The van der Waals surface area contributed by atoms with Gasteiger partial charge >= 0.3 is 0 Å². The summed E-state index contributed by atoms with van der Waals surface area (Å²) in [5.74, 6) is 0. The molecule has 0 fully saturated rings. The van der Waals surface area contributed by atoms with E-state index in [-0.39, 0.29) is 5.41 Å². The van der Waals surface area contributed by atoms with Gasteiger partial charge < -0.3 is 5.32 Å². The van der Waals surface area contributed by atoms with Crippen molar-refractivity contribution in [1.29, 1.82) is 0 Å². The molecule has 1 atom stereocenters. The van der Waals surface area contributed by atoms with Crippen molar-refractivity contribution in [2.75, 3.05) is 6.54 Å². The summed E-state index contributed by atoms with van der Waals surface area (Å²) in [5, 5.41) is 3.08. The smallest absolute Gasteiger partial charge is 0.117 e. The van der Waals surface area contributed by atoms with E-state index in [0.717, 1.165) is 0 Å². The van der Waals surface area contributed by atoms with Crippen molar-refractivity contribution in [3.63, 3.8) is 0 Å². The Morgan fingerprint density at radius 3 is 2.00 bits per heavy atom. The SMILES string of the molecule is CC(C)NC[C@@H](F)C(C)(C)C. The maximum atomic E-state index is 13.2. The van der Waals surface area contributed by atoms with Crippen molar-refractivity contribution in [3.05, 3.63) is 0 Å². The number of alkyl halides is 1. The number of hydrogen-bond donors (Lipinski definition) is 1. The summed E-state index contributed by atoms with van der Waals surface area (Å²) in [5.41, 5.74) is -0.234. The second-order valence-electron chi connectivity index (χ2n) is 4.40. The van der Waals surface area contributed by atoms with Gasteiger partial charge in [0.05, 0.1) is 0 Å². The Kier molecular flexibility index (Phi) is 4.01. The molecule has 0 amide bonds. The van der Waals surface area contributed by atoms with Crippen molar-refractivity contribution >= 4 is 0 Å². The van der Waals surface area contributed by atoms with Gasteiger partial charge in [-0.3, -0.25) is 0 Å². The average molecular weight is 161 g/mol. The van der Waals surface area contributed by atoms with Crippen LogP contribution in [0.25, 0.3) is 0 Å². The van der Waals surface area contributed by atoms with Crippen LogP contribution in [0, 0.1) is 5.41 Å². The van der Waals surface area contributed by atoms with Crippen LogP contribution in [-0.4, -0.2) is 18.8 Å². The van der Waals surface area contributed by atoms with Crippen molar-refractivity contribution in [2.24, 2.45) is 5.41 Å². The molecule has 1 nitrogen and oxygen atoms in total. The zero-order chi connectivity index (χ0) is 9.07. The van der Waals surface area contributed by atoms with Crippen LogP contribution in [0.1, 0.15) is 34.6 Å². The maximum absolute atomic E-state index is 13.2. The summed E-state index contributed by atoms with van der Waals surface area (Å²) in [6, 6.07) is 0.371. The van der Waals surface area contributed by atoms with Gasteiger partial charge in [0, 0.05) is 12.6 Å². The van der Waals surface area contributed by atoms with Gasteiger partial charge in [0.15, 0.2) is 0 Å². The third-order valence-corrected chi connectivity index (χ3v) is 1.65. The summed E-state index contributed by atoms with van der Waals surface area (Å²) in [4.78, 5) is 0. The van der Waals surface area contributed by atoms with Crippen molar-refractivity contribution in [1.82, 2.24) is 5.32 Å². The second kappa shape index (κ2) is 4.05. The zero-order valence-electron chi connectivity index (χ0n) is 8.24. The Morgan fingerprint density at radius 2 is 1.73 bits per heavy atom. The zero-order valence-corrected chi connectivity index (χ0v) is 8.24. The number of hydrogen-bond acceptors (Lipinski definition) is 1. The van der Waals surface area contributed by atoms with Gasteiger partial charge in [0.2, 0.25) is 0 Å². The fourth-order valence-corrected chi connectivity index (χ4v) is 0.645. The molecule has 0 bridgehead atoms. The molecule has 0 aromatic rings. The number of halogens is 1. The van der Waals surface area contributed by atoms with Gasteiger partial charge in [-0.1, -0.05) is 34.6 Å². The van der Waals surface area contributed by atoms with Gasteiger partial charge in [-0.05, 0) is 5.41 Å². The van der Waals surface area contributed by atoms with Crippen LogP contribution >= 0.6 is 0 Å². The Hall–Kier alpha value is -0.110. The van der Waals surface area contributed by atoms with E-state index in [9.17, 15) is 4.39 Å². The highest BCUT2D eigenvalue weighted by Gasteiger charge is 2.23. The Morgan fingerprint density at radius 1 is 1.27 bits per heavy atom. The third-order valence-electron chi connectivity index (χ3n) is 1.65. The van der Waals surface area contributed by atoms with Crippen LogP contribution in [0.2, 0.25) is 0 Å². The van der Waals surface area contributed by atoms with Crippen molar-refractivity contribution in [3.8, 4) is 0 Å². The van der Waals surface area contributed by atoms with Crippen LogP contribution in [0.3, 0.4) is 0 Å². The molecule has 1 N–H and O–H groups in total. The van der Waals surface area contributed by atoms with E-state index in [1.165, 1.54) is 0 Å². The first-order chi connectivity index (χ1) is 4.84. The van der Waals surface area contributed by atoms with E-state index >= 15 is 0 Å². The molecule has 11 heavy (non-hydrogen) atoms. The summed E-state index contributed by atoms with van der Waals surface area (Å²) in [6.45, 7) is 10.3. The highest BCUT2D eigenvalue weighted by molar-refractivity contribution is 4.75. The Bertz CT molecular complexity index is 105. The molecule has 0 aliphatic heterocycles. The summed E-state index contributed by atoms with van der Waals surface area (Å²) in [6.07, 6.45) is -0.759. The third kappa shape index (κ3) is 5.19. The molecule has 0 unspecified atom stereocenters. The average Bonchev–Trinajstić information content (AvgIpc) is 1.80. The minimum atomic E-state index is -0.759. The van der Waals surface area contributed by atoms with E-state index in [4.69, 9.17) is 0 Å². The van der Waals surface area contributed by atoms with E-state index in [1.54, 1.807) is 0 Å². The lowest BCUT2D eigenvalue weighted by molar-refractivity contribution is 0.156. The van der Waals surface area contributed by atoms with Crippen LogP contribution in [0.4, 0.5) is 4.39 Å². The monoisotopic (exact) mass is 161 g/mol. The molecule has 0 aromatic heterocycles. The highest BCUT2D eigenvalue weighted by Crippen LogP contribution is 2.21. The van der Waals surface area contributed by atoms with Crippen LogP contribution in [0.5, 0.6) is 0 Å². The maximum Gasteiger partial charge on any atom is 0.117 e. The molecular weight excluding hydrogens is 141 g/mol. The molecule has 0 aliphatic carbocycles. The molecule has 0 saturated heterocycles. The molecule has 2 heteroatoms. The first kappa shape index (κ1) is 10.9. The fraction of sp³-hybridized carbons (Fsp3) is 1.00. The van der Waals surface area contributed by atoms with Gasteiger partial charge in [0.1, 0.15) is 6.17 Å². The fourth-order valence-electron chi connectivity index (χ4n) is 0.645. The van der Waals surface area contributed by atoms with Crippen molar-refractivity contribution < 1.29 is 4.39 Å². The lowest BCUT2D eigenvalue weighted by Gasteiger charge is -2.24. The topological polar surface area (TPSA) is 12.0 Å². The van der Waals surface area contributed by atoms with Crippen LogP contribution in [-0.2, 0) is 0 Å². The Labute approximate surface area is 69.4 Å². The molecule has 0 rings (SSSR count). The predicted molar refractivity (Wildman–Crippen MR) is 47.5 cm³/mol. The second-order valence-corrected chi connectivity index (χ2v) is 4.40. The van der Waals surface area contributed by atoms with Crippen LogP contribution < -0.4 is 5.32 Å². The molecule has 0 saturated carbocycles. The summed E-state index contributed by atoms with van der Waals surface area (Å²) >= 11 is 0. The van der Waals surface area contributed by atoms with Crippen LogP contribution in [0.15, 0.2) is 0 Å². The summed E-state index contributed by atoms with van der Waals surface area (Å²) < 4.78 is 13.2. The molecule has 0 heterocycles. The van der Waals surface area contributed by atoms with Gasteiger partial charge in [0.25, 0.3) is 0 Å². The van der Waals surface area contributed by atoms with E-state index < -0.39 is 6.17 Å². The minimum absolute atomic E-state index is 0.234. The van der Waals surface area contributed by atoms with E-state index in [0.29, 0.717) is 12.6 Å². The standard InChI is InChI=1S/C9H20FN/c1-7(2)11-6-8(10)9(3,4)5/h7-8,11H,6H2,1-5H3/t8-/m1/s1. The molecule has 68 valence electrons. The van der Waals surface area contributed by atoms with Gasteiger partial charge in [-0.2, -0.15) is 0 Å². The molecular formula is C9H20FN. The number of nitrogens with one attached hydrogen (secondary N) is 1. The van der Waals surface area contributed by atoms with Crippen molar-refractivity contribution in [2.45, 2.75) is 46.8 Å². The highest BCUT2D eigenvalue weighted by atomic mass is 19.1. The largest absolute Gasteiger partial charge is 0.312 e. The van der Waals surface area contributed by atoms with E-state index in [1.807, 2.05) is 34.6 Å². The first-order valence-electron chi connectivity index (χ1n) is 4.21.